The third-order valence-electron chi connectivity index (χ3n) is 3.53. The summed E-state index contributed by atoms with van der Waals surface area (Å²) < 4.78 is 5.61. The Kier molecular flexibility index (Phi) is 6.07. The molecule has 2 heteroatoms. The van der Waals surface area contributed by atoms with Gasteiger partial charge in [-0.1, -0.05) is 25.5 Å². The van der Waals surface area contributed by atoms with Crippen LogP contribution in [0.4, 0.5) is 0 Å². The molecule has 0 bridgehead atoms. The van der Waals surface area contributed by atoms with Gasteiger partial charge >= 0.3 is 0 Å². The first-order valence-electron chi connectivity index (χ1n) is 6.58. The Bertz CT molecular complexity index is 221. The molecule has 2 nitrogen and oxygen atoms in total. The standard InChI is InChI=1S/C14H27NO/c1-14(2,9-11-16-12-10-15-3)13-7-5-4-6-8-13/h7,15H,4-6,8-12H2,1-3H3. The minimum absolute atomic E-state index is 0.333. The predicted octanol–water partition coefficient (Wildman–Crippen LogP) is 3.14. The molecule has 0 fully saturated rings. The van der Waals surface area contributed by atoms with E-state index in [1.165, 1.54) is 25.7 Å². The monoisotopic (exact) mass is 225 g/mol. The Balaban J connectivity index is 2.25. The van der Waals surface area contributed by atoms with Crippen LogP contribution in [0.25, 0.3) is 0 Å². The van der Waals surface area contributed by atoms with Gasteiger partial charge in [0.15, 0.2) is 0 Å². The van der Waals surface area contributed by atoms with Crippen LogP contribution in [0.1, 0.15) is 46.0 Å². The van der Waals surface area contributed by atoms with Gasteiger partial charge in [-0.3, -0.25) is 0 Å². The van der Waals surface area contributed by atoms with Gasteiger partial charge in [0.2, 0.25) is 0 Å². The first-order chi connectivity index (χ1) is 7.67. The Morgan fingerprint density at radius 1 is 1.31 bits per heavy atom. The number of nitrogens with one attached hydrogen (secondary N) is 1. The normalized spacial score (nSPS) is 17.3. The van der Waals surface area contributed by atoms with Crippen LogP contribution in [0.5, 0.6) is 0 Å². The van der Waals surface area contributed by atoms with Gasteiger partial charge in [0, 0.05) is 13.2 Å². The van der Waals surface area contributed by atoms with Gasteiger partial charge in [-0.15, -0.1) is 0 Å². The highest BCUT2D eigenvalue weighted by Gasteiger charge is 2.23. The van der Waals surface area contributed by atoms with Crippen LogP contribution >= 0.6 is 0 Å². The third kappa shape index (κ3) is 4.67. The SMILES string of the molecule is CNCCOCCC(C)(C)C1=CCCCC1. The summed E-state index contributed by atoms with van der Waals surface area (Å²) in [5, 5.41) is 3.09. The molecule has 0 amide bonds. The maximum Gasteiger partial charge on any atom is 0.0590 e. The number of rotatable bonds is 7. The van der Waals surface area contributed by atoms with Gasteiger partial charge in [-0.2, -0.15) is 0 Å². The van der Waals surface area contributed by atoms with Crippen LogP contribution in [-0.2, 0) is 4.74 Å². The Labute approximate surface area is 100 Å². The highest BCUT2D eigenvalue weighted by atomic mass is 16.5. The Morgan fingerprint density at radius 2 is 2.12 bits per heavy atom. The van der Waals surface area contributed by atoms with E-state index in [1.54, 1.807) is 5.57 Å². The fourth-order valence-corrected chi connectivity index (χ4v) is 2.22. The van der Waals surface area contributed by atoms with Crippen LogP contribution < -0.4 is 5.32 Å². The molecule has 0 saturated carbocycles. The first kappa shape index (κ1) is 13.7. The smallest absolute Gasteiger partial charge is 0.0590 e. The summed E-state index contributed by atoms with van der Waals surface area (Å²) in [7, 11) is 1.96. The van der Waals surface area contributed by atoms with E-state index >= 15 is 0 Å². The predicted molar refractivity (Wildman–Crippen MR) is 69.7 cm³/mol. The molecule has 0 radical (unpaired) electrons. The van der Waals surface area contributed by atoms with E-state index in [4.69, 9.17) is 4.74 Å². The zero-order chi connectivity index (χ0) is 11.9. The summed E-state index contributed by atoms with van der Waals surface area (Å²) >= 11 is 0. The maximum absolute atomic E-state index is 5.61. The lowest BCUT2D eigenvalue weighted by atomic mass is 9.76. The van der Waals surface area contributed by atoms with E-state index in [0.717, 1.165) is 26.2 Å². The van der Waals surface area contributed by atoms with Crippen LogP contribution in [0.15, 0.2) is 11.6 Å². The maximum atomic E-state index is 5.61. The molecule has 1 aliphatic rings. The van der Waals surface area contributed by atoms with E-state index in [1.807, 2.05) is 7.05 Å². The molecule has 0 aromatic heterocycles. The fraction of sp³-hybridized carbons (Fsp3) is 0.857. The molecule has 0 spiro atoms. The minimum Gasteiger partial charge on any atom is -0.380 e. The molecule has 94 valence electrons. The average molecular weight is 225 g/mol. The molecule has 1 N–H and O–H groups in total. The number of likely N-dealkylation sites (N-methyl/N-ethyl adjacent to an activating group) is 1. The molecule has 0 aromatic carbocycles. The summed E-state index contributed by atoms with van der Waals surface area (Å²) in [6.07, 6.45) is 8.91. The second kappa shape index (κ2) is 7.08. The van der Waals surface area contributed by atoms with E-state index in [2.05, 4.69) is 25.2 Å². The van der Waals surface area contributed by atoms with Crippen LogP contribution in [0, 0.1) is 5.41 Å². The lowest BCUT2D eigenvalue weighted by Crippen LogP contribution is -2.21. The molecule has 1 aliphatic carbocycles. The van der Waals surface area contributed by atoms with Crippen LogP contribution in [0.2, 0.25) is 0 Å². The van der Waals surface area contributed by atoms with Crippen molar-refractivity contribution in [2.45, 2.75) is 46.0 Å². The summed E-state index contributed by atoms with van der Waals surface area (Å²) in [4.78, 5) is 0. The molecule has 1 rings (SSSR count). The van der Waals surface area contributed by atoms with Gasteiger partial charge in [0.1, 0.15) is 0 Å². The number of allylic oxidation sites excluding steroid dienone is 2. The van der Waals surface area contributed by atoms with E-state index in [0.29, 0.717) is 5.41 Å². The molecule has 0 aromatic rings. The highest BCUT2D eigenvalue weighted by Crippen LogP contribution is 2.36. The largest absolute Gasteiger partial charge is 0.380 e. The quantitative estimate of drug-likeness (QED) is 0.531. The van der Waals surface area contributed by atoms with Crippen molar-refractivity contribution >= 4 is 0 Å². The minimum atomic E-state index is 0.333. The number of ether oxygens (including phenoxy) is 1. The van der Waals surface area contributed by atoms with Crippen molar-refractivity contribution in [1.29, 1.82) is 0 Å². The second-order valence-corrected chi connectivity index (χ2v) is 5.32. The topological polar surface area (TPSA) is 21.3 Å². The Hall–Kier alpha value is -0.340. The summed E-state index contributed by atoms with van der Waals surface area (Å²) in [5.74, 6) is 0. The van der Waals surface area contributed by atoms with Gasteiger partial charge in [-0.05, 0) is 44.6 Å². The molecule has 16 heavy (non-hydrogen) atoms. The molecule has 0 atom stereocenters. The van der Waals surface area contributed by atoms with E-state index in [9.17, 15) is 0 Å². The van der Waals surface area contributed by atoms with Gasteiger partial charge in [0.05, 0.1) is 6.61 Å². The van der Waals surface area contributed by atoms with Crippen molar-refractivity contribution in [3.05, 3.63) is 11.6 Å². The average Bonchev–Trinajstić information content (AvgIpc) is 2.30. The van der Waals surface area contributed by atoms with Crippen molar-refractivity contribution < 1.29 is 4.74 Å². The van der Waals surface area contributed by atoms with Crippen molar-refractivity contribution in [2.75, 3.05) is 26.8 Å². The summed E-state index contributed by atoms with van der Waals surface area (Å²) in [6.45, 7) is 7.36. The van der Waals surface area contributed by atoms with Crippen LogP contribution in [-0.4, -0.2) is 26.8 Å². The van der Waals surface area contributed by atoms with Gasteiger partial charge in [0.25, 0.3) is 0 Å². The van der Waals surface area contributed by atoms with E-state index in [-0.39, 0.29) is 0 Å². The zero-order valence-electron chi connectivity index (χ0n) is 11.1. The Morgan fingerprint density at radius 3 is 2.75 bits per heavy atom. The number of hydrogen-bond acceptors (Lipinski definition) is 2. The summed E-state index contributed by atoms with van der Waals surface area (Å²) in [5.41, 5.74) is 1.98. The van der Waals surface area contributed by atoms with Crippen molar-refractivity contribution in [3.63, 3.8) is 0 Å². The van der Waals surface area contributed by atoms with Crippen molar-refractivity contribution in [3.8, 4) is 0 Å². The van der Waals surface area contributed by atoms with Crippen molar-refractivity contribution in [2.24, 2.45) is 5.41 Å². The van der Waals surface area contributed by atoms with Gasteiger partial charge in [-0.25, -0.2) is 0 Å². The molecular formula is C14H27NO. The molecule has 0 heterocycles. The zero-order valence-corrected chi connectivity index (χ0v) is 11.1. The highest BCUT2D eigenvalue weighted by molar-refractivity contribution is 5.14. The fourth-order valence-electron chi connectivity index (χ4n) is 2.22. The number of hydrogen-bond donors (Lipinski definition) is 1. The van der Waals surface area contributed by atoms with Crippen molar-refractivity contribution in [1.82, 2.24) is 5.32 Å². The van der Waals surface area contributed by atoms with Crippen LogP contribution in [0.3, 0.4) is 0 Å². The molecule has 0 aliphatic heterocycles. The second-order valence-electron chi connectivity index (χ2n) is 5.32. The summed E-state index contributed by atoms with van der Waals surface area (Å²) in [6, 6.07) is 0. The lowest BCUT2D eigenvalue weighted by Gasteiger charge is -2.30. The first-order valence-corrected chi connectivity index (χ1v) is 6.58. The molecule has 0 unspecified atom stereocenters. The van der Waals surface area contributed by atoms with E-state index < -0.39 is 0 Å². The molecular weight excluding hydrogens is 198 g/mol. The van der Waals surface area contributed by atoms with Gasteiger partial charge < -0.3 is 10.1 Å². The lowest BCUT2D eigenvalue weighted by molar-refractivity contribution is 0.113. The third-order valence-corrected chi connectivity index (χ3v) is 3.53. The molecule has 0 saturated heterocycles.